The van der Waals surface area contributed by atoms with Crippen molar-refractivity contribution in [3.8, 4) is 0 Å². The first kappa shape index (κ1) is 11.0. The van der Waals surface area contributed by atoms with Crippen LogP contribution < -0.4 is 0 Å². The van der Waals surface area contributed by atoms with Gasteiger partial charge in [-0.2, -0.15) is 0 Å². The highest BCUT2D eigenvalue weighted by Gasteiger charge is 2.40. The molecule has 4 nitrogen and oxygen atoms in total. The molecule has 0 amide bonds. The van der Waals surface area contributed by atoms with Gasteiger partial charge in [0.2, 0.25) is 0 Å². The molecule has 0 spiro atoms. The largest absolute Gasteiger partial charge is 0.481 e. The van der Waals surface area contributed by atoms with Crippen LogP contribution in [0.2, 0.25) is 5.02 Å². The maximum Gasteiger partial charge on any atom is 0.321 e. The molecule has 84 valence electrons. The van der Waals surface area contributed by atoms with E-state index < -0.39 is 24.0 Å². The van der Waals surface area contributed by atoms with Crippen molar-refractivity contribution in [1.82, 2.24) is 0 Å². The minimum Gasteiger partial charge on any atom is -0.481 e. The van der Waals surface area contributed by atoms with Gasteiger partial charge in [0.05, 0.1) is 0 Å². The molecule has 0 aromatic heterocycles. The number of ether oxygens (including phenoxy) is 1. The van der Waals surface area contributed by atoms with Crippen molar-refractivity contribution >= 4 is 23.5 Å². The highest BCUT2D eigenvalue weighted by molar-refractivity contribution is 6.30. The Morgan fingerprint density at radius 1 is 1.38 bits per heavy atom. The quantitative estimate of drug-likeness (QED) is 0.635. The fraction of sp³-hybridized carbons (Fsp3) is 0.273. The molecule has 1 fully saturated rings. The second-order valence-corrected chi connectivity index (χ2v) is 4.04. The van der Waals surface area contributed by atoms with Crippen LogP contribution in [-0.2, 0) is 14.3 Å². The molecule has 16 heavy (non-hydrogen) atoms. The van der Waals surface area contributed by atoms with Gasteiger partial charge in [0.15, 0.2) is 5.92 Å². The lowest BCUT2D eigenvalue weighted by atomic mass is 10.0. The predicted molar refractivity (Wildman–Crippen MR) is 56.0 cm³/mol. The molecule has 1 heterocycles. The van der Waals surface area contributed by atoms with Gasteiger partial charge in [-0.1, -0.05) is 23.7 Å². The summed E-state index contributed by atoms with van der Waals surface area (Å²) in [6, 6.07) is 6.81. The molecule has 0 saturated carbocycles. The van der Waals surface area contributed by atoms with Gasteiger partial charge in [-0.15, -0.1) is 0 Å². The number of rotatable bonds is 2. The number of halogens is 1. The Hall–Kier alpha value is -1.55. The topological polar surface area (TPSA) is 63.6 Å². The Kier molecular flexibility index (Phi) is 2.83. The van der Waals surface area contributed by atoms with Gasteiger partial charge in [-0.3, -0.25) is 9.59 Å². The molecule has 1 aliphatic rings. The van der Waals surface area contributed by atoms with Crippen molar-refractivity contribution in [2.75, 3.05) is 0 Å². The van der Waals surface area contributed by atoms with Crippen LogP contribution in [0.5, 0.6) is 0 Å². The molecule has 1 aliphatic heterocycles. The molecule has 0 radical (unpaired) electrons. The lowest BCUT2D eigenvalue weighted by Gasteiger charge is -2.08. The first-order valence-electron chi connectivity index (χ1n) is 4.76. The first-order chi connectivity index (χ1) is 7.58. The van der Waals surface area contributed by atoms with Gasteiger partial charge in [-0.25, -0.2) is 0 Å². The normalized spacial score (nSPS) is 24.2. The van der Waals surface area contributed by atoms with Crippen LogP contribution in [0, 0.1) is 5.92 Å². The fourth-order valence-corrected chi connectivity index (χ4v) is 1.79. The Balaban J connectivity index is 2.16. The van der Waals surface area contributed by atoms with Crippen LogP contribution in [0.3, 0.4) is 0 Å². The third kappa shape index (κ3) is 2.02. The summed E-state index contributed by atoms with van der Waals surface area (Å²) in [6.07, 6.45) is -0.304. The molecule has 1 N–H and O–H groups in total. The van der Waals surface area contributed by atoms with Crippen molar-refractivity contribution in [3.63, 3.8) is 0 Å². The molecule has 5 heteroatoms. The summed E-state index contributed by atoms with van der Waals surface area (Å²) in [4.78, 5) is 22.0. The van der Waals surface area contributed by atoms with E-state index >= 15 is 0 Å². The van der Waals surface area contributed by atoms with Crippen LogP contribution in [-0.4, -0.2) is 17.0 Å². The number of esters is 1. The highest BCUT2D eigenvalue weighted by atomic mass is 35.5. The van der Waals surface area contributed by atoms with Crippen molar-refractivity contribution in [3.05, 3.63) is 34.9 Å². The predicted octanol–water partition coefficient (Wildman–Crippen LogP) is 2.03. The standard InChI is InChI=1S/C11H9ClO4/c12-7-3-1-6(2-4-7)9-5-8(10(13)14)11(15)16-9/h1-4,8-9H,5H2,(H,13,14). The minimum atomic E-state index is -1.14. The van der Waals surface area contributed by atoms with Crippen LogP contribution in [0.15, 0.2) is 24.3 Å². The van der Waals surface area contributed by atoms with Gasteiger partial charge in [0, 0.05) is 11.4 Å². The monoisotopic (exact) mass is 240 g/mol. The summed E-state index contributed by atoms with van der Waals surface area (Å²) in [6.45, 7) is 0. The second kappa shape index (κ2) is 4.14. The van der Waals surface area contributed by atoms with E-state index in [1.807, 2.05) is 0 Å². The number of benzene rings is 1. The van der Waals surface area contributed by atoms with Crippen LogP contribution in [0.25, 0.3) is 0 Å². The zero-order chi connectivity index (χ0) is 11.7. The number of hydrogen-bond acceptors (Lipinski definition) is 3. The molecular weight excluding hydrogens is 232 g/mol. The van der Waals surface area contributed by atoms with Gasteiger partial charge >= 0.3 is 11.9 Å². The molecule has 2 atom stereocenters. The Morgan fingerprint density at radius 2 is 2.00 bits per heavy atom. The van der Waals surface area contributed by atoms with Crippen LogP contribution in [0.4, 0.5) is 0 Å². The highest BCUT2D eigenvalue weighted by Crippen LogP contribution is 2.33. The number of cyclic esters (lactones) is 1. The Bertz CT molecular complexity index is 426. The second-order valence-electron chi connectivity index (χ2n) is 3.60. The Labute approximate surface area is 96.8 Å². The van der Waals surface area contributed by atoms with Crippen molar-refractivity contribution < 1.29 is 19.4 Å². The molecule has 0 bridgehead atoms. The molecular formula is C11H9ClO4. The van der Waals surface area contributed by atoms with E-state index in [-0.39, 0.29) is 6.42 Å². The van der Waals surface area contributed by atoms with Crippen molar-refractivity contribution in [2.24, 2.45) is 5.92 Å². The summed E-state index contributed by atoms with van der Waals surface area (Å²) in [5.74, 6) is -2.87. The maximum absolute atomic E-state index is 11.2. The smallest absolute Gasteiger partial charge is 0.321 e. The van der Waals surface area contributed by atoms with E-state index in [9.17, 15) is 9.59 Å². The van der Waals surface area contributed by atoms with E-state index in [2.05, 4.69) is 0 Å². The SMILES string of the molecule is O=C(O)C1CC(c2ccc(Cl)cc2)OC1=O. The summed E-state index contributed by atoms with van der Waals surface area (Å²) in [5, 5.41) is 9.36. The minimum absolute atomic E-state index is 0.176. The molecule has 2 unspecified atom stereocenters. The average molecular weight is 241 g/mol. The average Bonchev–Trinajstić information content (AvgIpc) is 2.61. The number of carbonyl (C=O) groups excluding carboxylic acids is 1. The lowest BCUT2D eigenvalue weighted by Crippen LogP contribution is -2.17. The van der Waals surface area contributed by atoms with E-state index in [1.165, 1.54) is 0 Å². The van der Waals surface area contributed by atoms with E-state index in [1.54, 1.807) is 24.3 Å². The van der Waals surface area contributed by atoms with E-state index in [0.29, 0.717) is 5.02 Å². The zero-order valence-corrected chi connectivity index (χ0v) is 8.98. The van der Waals surface area contributed by atoms with E-state index in [0.717, 1.165) is 5.56 Å². The van der Waals surface area contributed by atoms with Gasteiger partial charge < -0.3 is 9.84 Å². The van der Waals surface area contributed by atoms with E-state index in [4.69, 9.17) is 21.4 Å². The third-order valence-corrected chi connectivity index (χ3v) is 2.78. The number of carbonyl (C=O) groups is 2. The van der Waals surface area contributed by atoms with Gasteiger partial charge in [-0.05, 0) is 17.7 Å². The molecule has 2 rings (SSSR count). The van der Waals surface area contributed by atoms with Gasteiger partial charge in [0.25, 0.3) is 0 Å². The van der Waals surface area contributed by atoms with Crippen LogP contribution >= 0.6 is 11.6 Å². The number of carboxylic acid groups (broad SMARTS) is 1. The summed E-state index contributed by atoms with van der Waals surface area (Å²) in [7, 11) is 0. The van der Waals surface area contributed by atoms with Crippen molar-refractivity contribution in [1.29, 1.82) is 0 Å². The number of carboxylic acids is 1. The fourth-order valence-electron chi connectivity index (χ4n) is 1.66. The summed E-state index contributed by atoms with van der Waals surface area (Å²) < 4.78 is 5.00. The molecule has 1 saturated heterocycles. The van der Waals surface area contributed by atoms with Crippen LogP contribution in [0.1, 0.15) is 18.1 Å². The third-order valence-electron chi connectivity index (χ3n) is 2.53. The first-order valence-corrected chi connectivity index (χ1v) is 5.14. The van der Waals surface area contributed by atoms with Crippen molar-refractivity contribution in [2.45, 2.75) is 12.5 Å². The molecule has 1 aromatic carbocycles. The summed E-state index contributed by atoms with van der Waals surface area (Å²) >= 11 is 5.72. The maximum atomic E-state index is 11.2. The Morgan fingerprint density at radius 3 is 2.50 bits per heavy atom. The number of aliphatic carboxylic acids is 1. The molecule has 0 aliphatic carbocycles. The molecule has 1 aromatic rings. The summed E-state index contributed by atoms with van der Waals surface area (Å²) in [5.41, 5.74) is 0.765. The lowest BCUT2D eigenvalue weighted by molar-refractivity contribution is -0.153. The zero-order valence-electron chi connectivity index (χ0n) is 8.22. The number of hydrogen-bond donors (Lipinski definition) is 1. The van der Waals surface area contributed by atoms with Gasteiger partial charge in [0.1, 0.15) is 6.10 Å².